The summed E-state index contributed by atoms with van der Waals surface area (Å²) in [6.07, 6.45) is 0. The van der Waals surface area contributed by atoms with Crippen molar-refractivity contribution in [3.05, 3.63) is 58.1 Å². The minimum absolute atomic E-state index is 0.0816. The number of carboxylic acid groups (broad SMARTS) is 1. The van der Waals surface area contributed by atoms with Gasteiger partial charge in [-0.1, -0.05) is 17.7 Å². The van der Waals surface area contributed by atoms with Crippen LogP contribution in [-0.2, 0) is 0 Å². The molecule has 0 saturated carbocycles. The molecule has 0 radical (unpaired) electrons. The van der Waals surface area contributed by atoms with E-state index in [9.17, 15) is 13.6 Å². The number of carboxylic acids is 1. The Labute approximate surface area is 118 Å². The fourth-order valence-electron chi connectivity index (χ4n) is 1.58. The zero-order valence-corrected chi connectivity index (χ0v) is 11.0. The van der Waals surface area contributed by atoms with Crippen molar-refractivity contribution in [3.63, 3.8) is 0 Å². The first-order valence-corrected chi connectivity index (χ1v) is 5.92. The third kappa shape index (κ3) is 2.88. The number of hydrogen-bond donors (Lipinski definition) is 1. The average molecular weight is 299 g/mol. The Bertz CT molecular complexity index is 663. The van der Waals surface area contributed by atoms with E-state index in [-0.39, 0.29) is 10.8 Å². The molecule has 1 N–H and O–H groups in total. The van der Waals surface area contributed by atoms with Gasteiger partial charge in [0.25, 0.3) is 0 Å². The van der Waals surface area contributed by atoms with Gasteiger partial charge in [-0.15, -0.1) is 0 Å². The molecule has 0 bridgehead atoms. The summed E-state index contributed by atoms with van der Waals surface area (Å²) in [5.41, 5.74) is 0.367. The predicted molar refractivity (Wildman–Crippen MR) is 69.6 cm³/mol. The molecule has 0 saturated heterocycles. The Balaban J connectivity index is 2.41. The molecule has 0 amide bonds. The normalized spacial score (nSPS) is 10.4. The van der Waals surface area contributed by atoms with Gasteiger partial charge in [-0.25, -0.2) is 13.6 Å². The molecule has 6 heteroatoms. The van der Waals surface area contributed by atoms with Crippen LogP contribution in [-0.4, -0.2) is 11.1 Å². The molecule has 2 rings (SSSR count). The van der Waals surface area contributed by atoms with Crippen molar-refractivity contribution in [2.24, 2.45) is 0 Å². The molecular weight excluding hydrogens is 290 g/mol. The number of rotatable bonds is 3. The zero-order valence-electron chi connectivity index (χ0n) is 10.3. The van der Waals surface area contributed by atoms with E-state index in [4.69, 9.17) is 21.4 Å². The van der Waals surface area contributed by atoms with E-state index in [1.54, 1.807) is 19.1 Å². The molecule has 0 unspecified atom stereocenters. The van der Waals surface area contributed by atoms with Crippen LogP contribution in [0, 0.1) is 18.6 Å². The number of carbonyl (C=O) groups is 1. The molecule has 0 spiro atoms. The van der Waals surface area contributed by atoms with Gasteiger partial charge in [0.1, 0.15) is 5.75 Å². The van der Waals surface area contributed by atoms with Crippen molar-refractivity contribution < 1.29 is 23.4 Å². The van der Waals surface area contributed by atoms with Gasteiger partial charge in [0, 0.05) is 0 Å². The number of benzene rings is 2. The first-order chi connectivity index (χ1) is 9.38. The second kappa shape index (κ2) is 5.46. The summed E-state index contributed by atoms with van der Waals surface area (Å²) < 4.78 is 32.5. The summed E-state index contributed by atoms with van der Waals surface area (Å²) >= 11 is 5.90. The van der Waals surface area contributed by atoms with E-state index in [2.05, 4.69) is 0 Å². The molecule has 20 heavy (non-hydrogen) atoms. The molecule has 2 aromatic rings. The maximum Gasteiger partial charge on any atom is 0.335 e. The number of hydrogen-bond acceptors (Lipinski definition) is 2. The minimum Gasteiger partial charge on any atom is -0.478 e. The fourth-order valence-corrected chi connectivity index (χ4v) is 1.85. The largest absolute Gasteiger partial charge is 0.478 e. The lowest BCUT2D eigenvalue weighted by Crippen LogP contribution is -2.01. The quantitative estimate of drug-likeness (QED) is 0.912. The highest BCUT2D eigenvalue weighted by Gasteiger charge is 2.17. The molecule has 3 nitrogen and oxygen atoms in total. The summed E-state index contributed by atoms with van der Waals surface area (Å²) in [6, 6.07) is 6.09. The Hall–Kier alpha value is -2.14. The van der Waals surface area contributed by atoms with Gasteiger partial charge in [0.15, 0.2) is 17.4 Å². The van der Waals surface area contributed by atoms with Gasteiger partial charge in [0.2, 0.25) is 0 Å². The van der Waals surface area contributed by atoms with Crippen LogP contribution in [0.4, 0.5) is 8.78 Å². The summed E-state index contributed by atoms with van der Waals surface area (Å²) in [6.45, 7) is 1.80. The molecule has 0 aliphatic rings. The van der Waals surface area contributed by atoms with Crippen LogP contribution in [0.15, 0.2) is 30.3 Å². The Morgan fingerprint density at radius 1 is 1.20 bits per heavy atom. The molecule has 0 heterocycles. The molecule has 0 aliphatic heterocycles. The van der Waals surface area contributed by atoms with Crippen molar-refractivity contribution in [1.29, 1.82) is 0 Å². The summed E-state index contributed by atoms with van der Waals surface area (Å²) in [5.74, 6) is -4.26. The lowest BCUT2D eigenvalue weighted by Gasteiger charge is -2.10. The maximum atomic E-state index is 13.7. The van der Waals surface area contributed by atoms with E-state index in [0.717, 1.165) is 5.56 Å². The van der Waals surface area contributed by atoms with E-state index in [0.29, 0.717) is 12.1 Å². The average Bonchev–Trinajstić information content (AvgIpc) is 2.35. The van der Waals surface area contributed by atoms with Gasteiger partial charge in [-0.2, -0.15) is 0 Å². The van der Waals surface area contributed by atoms with Gasteiger partial charge in [-0.3, -0.25) is 0 Å². The number of ether oxygens (including phenoxy) is 1. The van der Waals surface area contributed by atoms with Crippen LogP contribution in [0.3, 0.4) is 0 Å². The van der Waals surface area contributed by atoms with Crippen LogP contribution >= 0.6 is 11.6 Å². The molecule has 104 valence electrons. The highest BCUT2D eigenvalue weighted by Crippen LogP contribution is 2.33. The van der Waals surface area contributed by atoms with Gasteiger partial charge in [0.05, 0.1) is 10.6 Å². The zero-order chi connectivity index (χ0) is 14.9. The van der Waals surface area contributed by atoms with Crippen LogP contribution in [0.5, 0.6) is 11.5 Å². The van der Waals surface area contributed by atoms with E-state index >= 15 is 0 Å². The van der Waals surface area contributed by atoms with Gasteiger partial charge < -0.3 is 9.84 Å². The summed E-state index contributed by atoms with van der Waals surface area (Å²) in [4.78, 5) is 10.7. The van der Waals surface area contributed by atoms with Gasteiger partial charge in [-0.05, 0) is 36.8 Å². The fraction of sp³-hybridized carbons (Fsp3) is 0.0714. The Kier molecular flexibility index (Phi) is 3.90. The number of aromatic carboxylic acids is 1. The van der Waals surface area contributed by atoms with Gasteiger partial charge >= 0.3 is 5.97 Å². The Morgan fingerprint density at radius 3 is 2.30 bits per heavy atom. The monoisotopic (exact) mass is 298 g/mol. The number of halogens is 3. The van der Waals surface area contributed by atoms with Crippen molar-refractivity contribution in [1.82, 2.24) is 0 Å². The molecule has 0 fully saturated rings. The van der Waals surface area contributed by atoms with E-state index < -0.39 is 28.9 Å². The molecule has 0 aliphatic carbocycles. The van der Waals surface area contributed by atoms with Crippen molar-refractivity contribution in [2.75, 3.05) is 0 Å². The van der Waals surface area contributed by atoms with Crippen molar-refractivity contribution in [2.45, 2.75) is 6.92 Å². The van der Waals surface area contributed by atoms with Crippen molar-refractivity contribution >= 4 is 17.6 Å². The van der Waals surface area contributed by atoms with Crippen molar-refractivity contribution in [3.8, 4) is 11.5 Å². The highest BCUT2D eigenvalue weighted by molar-refractivity contribution is 6.32. The maximum absolute atomic E-state index is 13.7. The second-order valence-electron chi connectivity index (χ2n) is 4.11. The SMILES string of the molecule is Cc1ccc(Oc2c(F)cc(C(=O)O)cc2F)c(Cl)c1. The first kappa shape index (κ1) is 14.3. The van der Waals surface area contributed by atoms with E-state index in [1.165, 1.54) is 6.07 Å². The molecular formula is C14H9ClF2O3. The third-order valence-corrected chi connectivity index (χ3v) is 2.84. The Morgan fingerprint density at radius 2 is 1.80 bits per heavy atom. The molecule has 0 atom stereocenters. The standard InChI is InChI=1S/C14H9ClF2O3/c1-7-2-3-12(9(15)4-7)20-13-10(16)5-8(14(18)19)6-11(13)17/h2-6H,1H3,(H,18,19). The predicted octanol–water partition coefficient (Wildman–Crippen LogP) is 4.42. The molecule has 0 aromatic heterocycles. The lowest BCUT2D eigenvalue weighted by molar-refractivity contribution is 0.0695. The van der Waals surface area contributed by atoms with Crippen LogP contribution in [0.2, 0.25) is 5.02 Å². The van der Waals surface area contributed by atoms with E-state index in [1.807, 2.05) is 0 Å². The minimum atomic E-state index is -1.43. The second-order valence-corrected chi connectivity index (χ2v) is 4.52. The highest BCUT2D eigenvalue weighted by atomic mass is 35.5. The first-order valence-electron chi connectivity index (χ1n) is 5.55. The number of aryl methyl sites for hydroxylation is 1. The lowest BCUT2D eigenvalue weighted by atomic mass is 10.2. The molecule has 2 aromatic carbocycles. The van der Waals surface area contributed by atoms with Crippen LogP contribution in [0.1, 0.15) is 15.9 Å². The summed E-state index contributed by atoms with van der Waals surface area (Å²) in [7, 11) is 0. The van der Waals surface area contributed by atoms with Crippen LogP contribution < -0.4 is 4.74 Å². The topological polar surface area (TPSA) is 46.5 Å². The third-order valence-electron chi connectivity index (χ3n) is 2.54. The summed E-state index contributed by atoms with van der Waals surface area (Å²) in [5, 5.41) is 8.89. The smallest absolute Gasteiger partial charge is 0.335 e. The van der Waals surface area contributed by atoms with Crippen LogP contribution in [0.25, 0.3) is 0 Å².